The Balaban J connectivity index is 1.84. The first kappa shape index (κ1) is 15.1. The van der Waals surface area contributed by atoms with Crippen molar-refractivity contribution < 1.29 is 18.4 Å². The van der Waals surface area contributed by atoms with Crippen LogP contribution >= 0.6 is 15.9 Å². The molecule has 1 aliphatic rings. The number of fused-ring (bicyclic) bond motifs is 1. The third-order valence-electron chi connectivity index (χ3n) is 3.22. The van der Waals surface area contributed by atoms with Crippen LogP contribution in [0.2, 0.25) is 0 Å². The Labute approximate surface area is 124 Å². The molecule has 0 spiro atoms. The Kier molecular flexibility index (Phi) is 4.52. The second kappa shape index (κ2) is 5.99. The van der Waals surface area contributed by atoms with Crippen molar-refractivity contribution in [2.75, 3.05) is 6.54 Å². The van der Waals surface area contributed by atoms with Gasteiger partial charge in [-0.25, -0.2) is 0 Å². The topological polar surface area (TPSA) is 37.4 Å². The number of rotatable bonds is 6. The summed E-state index contributed by atoms with van der Waals surface area (Å²) in [5.74, 6) is -0.590. The standard InChI is InChI=1S/C14H14BrF2NO2/c15-14(16,17)8-4-1-5-9-18-12(19)10-6-2-3-7-11(10)13(18)20/h2-3,6-7H,1,4-5,8-9H2. The minimum Gasteiger partial charge on any atom is -0.274 e. The van der Waals surface area contributed by atoms with E-state index in [1.165, 1.54) is 4.90 Å². The monoisotopic (exact) mass is 345 g/mol. The highest BCUT2D eigenvalue weighted by Crippen LogP contribution is 2.28. The molecule has 0 unspecified atom stereocenters. The molecule has 2 rings (SSSR count). The first-order valence-electron chi connectivity index (χ1n) is 6.42. The van der Waals surface area contributed by atoms with Crippen LogP contribution in [0.1, 0.15) is 46.4 Å². The van der Waals surface area contributed by atoms with Gasteiger partial charge in [-0.1, -0.05) is 18.6 Å². The molecule has 6 heteroatoms. The Morgan fingerprint density at radius 2 is 1.55 bits per heavy atom. The van der Waals surface area contributed by atoms with Gasteiger partial charge < -0.3 is 0 Å². The van der Waals surface area contributed by atoms with Gasteiger partial charge in [-0.2, -0.15) is 8.78 Å². The van der Waals surface area contributed by atoms with E-state index in [0.29, 0.717) is 30.4 Å². The summed E-state index contributed by atoms with van der Waals surface area (Å²) < 4.78 is 25.1. The van der Waals surface area contributed by atoms with Crippen LogP contribution in [-0.4, -0.2) is 28.1 Å². The number of hydrogen-bond acceptors (Lipinski definition) is 2. The first-order valence-corrected chi connectivity index (χ1v) is 7.21. The lowest BCUT2D eigenvalue weighted by molar-refractivity contribution is 0.0647. The normalized spacial score (nSPS) is 14.8. The van der Waals surface area contributed by atoms with Crippen molar-refractivity contribution in [3.8, 4) is 0 Å². The van der Waals surface area contributed by atoms with Gasteiger partial charge in [-0.3, -0.25) is 14.5 Å². The van der Waals surface area contributed by atoms with Gasteiger partial charge in [-0.15, -0.1) is 0 Å². The van der Waals surface area contributed by atoms with Crippen LogP contribution in [0.25, 0.3) is 0 Å². The summed E-state index contributed by atoms with van der Waals surface area (Å²) in [6.07, 6.45) is 1.19. The molecule has 0 N–H and O–H groups in total. The molecule has 1 heterocycles. The molecule has 1 aliphatic heterocycles. The highest BCUT2D eigenvalue weighted by atomic mass is 79.9. The van der Waals surface area contributed by atoms with Crippen LogP contribution in [0.5, 0.6) is 0 Å². The Morgan fingerprint density at radius 3 is 2.05 bits per heavy atom. The number of imide groups is 1. The molecule has 1 aromatic carbocycles. The number of amides is 2. The van der Waals surface area contributed by atoms with Gasteiger partial charge in [0.1, 0.15) is 0 Å². The fraction of sp³-hybridized carbons (Fsp3) is 0.429. The fourth-order valence-corrected chi connectivity index (χ4v) is 2.49. The summed E-state index contributed by atoms with van der Waals surface area (Å²) in [5, 5.41) is 0. The maximum atomic E-state index is 12.6. The molecule has 2 amide bonds. The number of carbonyl (C=O) groups is 2. The van der Waals surface area contributed by atoms with E-state index in [1.807, 2.05) is 0 Å². The van der Waals surface area contributed by atoms with Gasteiger partial charge in [0.2, 0.25) is 0 Å². The Hall–Kier alpha value is -1.30. The SMILES string of the molecule is O=C1c2ccccc2C(=O)N1CCCCCC(F)(F)Br. The molecule has 0 fully saturated rings. The molecule has 0 aliphatic carbocycles. The van der Waals surface area contributed by atoms with Crippen molar-refractivity contribution in [1.29, 1.82) is 0 Å². The molecule has 0 saturated carbocycles. The molecule has 108 valence electrons. The molecule has 0 bridgehead atoms. The zero-order valence-electron chi connectivity index (χ0n) is 10.7. The maximum absolute atomic E-state index is 12.6. The van der Waals surface area contributed by atoms with Crippen molar-refractivity contribution in [1.82, 2.24) is 4.90 Å². The smallest absolute Gasteiger partial charge is 0.274 e. The molecule has 0 atom stereocenters. The number of benzene rings is 1. The van der Waals surface area contributed by atoms with Gasteiger partial charge in [-0.05, 0) is 40.9 Å². The van der Waals surface area contributed by atoms with Crippen LogP contribution in [-0.2, 0) is 0 Å². The minimum absolute atomic E-state index is 0.241. The zero-order chi connectivity index (χ0) is 14.8. The highest BCUT2D eigenvalue weighted by Gasteiger charge is 2.34. The third-order valence-corrected chi connectivity index (χ3v) is 3.62. The fourth-order valence-electron chi connectivity index (χ4n) is 2.21. The van der Waals surface area contributed by atoms with Crippen LogP contribution in [0, 0.1) is 0 Å². The van der Waals surface area contributed by atoms with Gasteiger partial charge in [0.15, 0.2) is 0 Å². The first-order chi connectivity index (χ1) is 9.40. The van der Waals surface area contributed by atoms with Crippen molar-refractivity contribution in [3.63, 3.8) is 0 Å². The number of carbonyl (C=O) groups excluding carboxylic acids is 2. The van der Waals surface area contributed by atoms with E-state index < -0.39 is 4.83 Å². The minimum atomic E-state index is -2.83. The third kappa shape index (κ3) is 3.42. The van der Waals surface area contributed by atoms with Crippen LogP contribution in [0.4, 0.5) is 8.78 Å². The van der Waals surface area contributed by atoms with Crippen molar-refractivity contribution in [2.45, 2.75) is 30.5 Å². The van der Waals surface area contributed by atoms with Gasteiger partial charge >= 0.3 is 4.83 Å². The predicted octanol–water partition coefficient (Wildman–Crippen LogP) is 3.83. The van der Waals surface area contributed by atoms with Crippen molar-refractivity contribution in [3.05, 3.63) is 35.4 Å². The summed E-state index contributed by atoms with van der Waals surface area (Å²) >= 11 is 2.28. The van der Waals surface area contributed by atoms with E-state index in [1.54, 1.807) is 24.3 Å². The van der Waals surface area contributed by atoms with Gasteiger partial charge in [0.05, 0.1) is 11.1 Å². The van der Waals surface area contributed by atoms with Crippen molar-refractivity contribution >= 4 is 27.7 Å². The summed E-state index contributed by atoms with van der Waals surface area (Å²) in [5.41, 5.74) is 0.842. The van der Waals surface area contributed by atoms with E-state index in [2.05, 4.69) is 15.9 Å². The molecule has 0 aromatic heterocycles. The number of alkyl halides is 3. The molecule has 0 radical (unpaired) electrons. The van der Waals surface area contributed by atoms with Gasteiger partial charge in [0, 0.05) is 13.0 Å². The lowest BCUT2D eigenvalue weighted by Crippen LogP contribution is -2.30. The maximum Gasteiger partial charge on any atom is 0.301 e. The van der Waals surface area contributed by atoms with Crippen molar-refractivity contribution in [2.24, 2.45) is 0 Å². The van der Waals surface area contributed by atoms with Gasteiger partial charge in [0.25, 0.3) is 11.8 Å². The number of nitrogens with zero attached hydrogens (tertiary/aromatic N) is 1. The second-order valence-corrected chi connectivity index (χ2v) is 5.89. The molecule has 0 saturated heterocycles. The van der Waals surface area contributed by atoms with Crippen LogP contribution < -0.4 is 0 Å². The molecule has 1 aromatic rings. The highest BCUT2D eigenvalue weighted by molar-refractivity contribution is 9.09. The van der Waals surface area contributed by atoms with E-state index >= 15 is 0 Å². The average Bonchev–Trinajstić information content (AvgIpc) is 2.62. The summed E-state index contributed by atoms with van der Waals surface area (Å²) in [7, 11) is 0. The molecular formula is C14H14BrF2NO2. The molecular weight excluding hydrogens is 332 g/mol. The second-order valence-electron chi connectivity index (χ2n) is 4.73. The van der Waals surface area contributed by atoms with E-state index in [-0.39, 0.29) is 24.8 Å². The Morgan fingerprint density at radius 1 is 1.00 bits per heavy atom. The van der Waals surface area contributed by atoms with E-state index in [4.69, 9.17) is 0 Å². The average molecular weight is 346 g/mol. The zero-order valence-corrected chi connectivity index (χ0v) is 12.3. The lowest BCUT2D eigenvalue weighted by Gasteiger charge is -2.13. The van der Waals surface area contributed by atoms with Crippen LogP contribution in [0.15, 0.2) is 24.3 Å². The van der Waals surface area contributed by atoms with Crippen LogP contribution in [0.3, 0.4) is 0 Å². The number of unbranched alkanes of at least 4 members (excludes halogenated alkanes) is 2. The largest absolute Gasteiger partial charge is 0.301 e. The summed E-state index contributed by atoms with van der Waals surface area (Å²) in [4.78, 5) is 22.4. The Bertz CT molecular complexity index is 493. The molecule has 20 heavy (non-hydrogen) atoms. The van der Waals surface area contributed by atoms with E-state index in [9.17, 15) is 18.4 Å². The number of hydrogen-bond donors (Lipinski definition) is 0. The number of halogens is 3. The van der Waals surface area contributed by atoms with E-state index in [0.717, 1.165) is 0 Å². The summed E-state index contributed by atoms with van der Waals surface area (Å²) in [6.45, 7) is 0.278. The lowest BCUT2D eigenvalue weighted by atomic mass is 10.1. The quantitative estimate of drug-likeness (QED) is 0.446. The predicted molar refractivity (Wildman–Crippen MR) is 74.2 cm³/mol. The summed E-state index contributed by atoms with van der Waals surface area (Å²) in [6, 6.07) is 6.68. The molecule has 3 nitrogen and oxygen atoms in total.